The Labute approximate surface area is 317 Å². The van der Waals surface area contributed by atoms with E-state index >= 15 is 0 Å². The van der Waals surface area contributed by atoms with Crippen LogP contribution in [0.2, 0.25) is 0 Å². The number of hydrogen-bond acceptors (Lipinski definition) is 5. The number of rotatable bonds is 42. The molecule has 0 saturated heterocycles. The first kappa shape index (κ1) is 49.9. The Morgan fingerprint density at radius 1 is 0.471 bits per heavy atom. The highest BCUT2D eigenvalue weighted by atomic mass is 16.5. The summed E-state index contributed by atoms with van der Waals surface area (Å²) in [6, 6.07) is -0.558. The van der Waals surface area contributed by atoms with Crippen molar-refractivity contribution >= 4 is 11.9 Å². The van der Waals surface area contributed by atoms with Crippen molar-refractivity contribution in [1.82, 2.24) is 5.32 Å². The molecule has 0 aliphatic carbocycles. The molecule has 0 aliphatic heterocycles. The van der Waals surface area contributed by atoms with Gasteiger partial charge in [0.05, 0.1) is 25.4 Å². The predicted octanol–water partition coefficient (Wildman–Crippen LogP) is 12.8. The molecule has 304 valence electrons. The SMILES string of the molecule is CCCCCCCCCCCCCCCCC(O)C(CO)NC(=O)CCCCCCCCCCCOC(=O)CCCCCCCCCCCCC. The van der Waals surface area contributed by atoms with Crippen LogP contribution in [0.4, 0.5) is 0 Å². The van der Waals surface area contributed by atoms with Gasteiger partial charge < -0.3 is 20.3 Å². The Bertz CT molecular complexity index is 717. The summed E-state index contributed by atoms with van der Waals surface area (Å²) in [5, 5.41) is 23.1. The number of hydrogen-bond donors (Lipinski definition) is 3. The minimum atomic E-state index is -0.678. The molecular weight excluding hydrogens is 634 g/mol. The van der Waals surface area contributed by atoms with Gasteiger partial charge in [-0.3, -0.25) is 9.59 Å². The van der Waals surface area contributed by atoms with Crippen LogP contribution in [0, 0.1) is 0 Å². The van der Waals surface area contributed by atoms with Crippen LogP contribution in [-0.4, -0.2) is 47.4 Å². The van der Waals surface area contributed by atoms with E-state index in [2.05, 4.69) is 19.2 Å². The summed E-state index contributed by atoms with van der Waals surface area (Å²) in [6.07, 6.45) is 43.4. The first-order chi connectivity index (χ1) is 25.0. The van der Waals surface area contributed by atoms with Gasteiger partial charge in [-0.15, -0.1) is 0 Å². The molecule has 0 aromatic heterocycles. The second kappa shape index (κ2) is 41.6. The highest BCUT2D eigenvalue weighted by Crippen LogP contribution is 2.16. The average Bonchev–Trinajstić information content (AvgIpc) is 3.13. The van der Waals surface area contributed by atoms with Crippen LogP contribution in [0.3, 0.4) is 0 Å². The molecule has 0 spiro atoms. The molecule has 0 heterocycles. The van der Waals surface area contributed by atoms with Gasteiger partial charge in [-0.25, -0.2) is 0 Å². The summed E-state index contributed by atoms with van der Waals surface area (Å²) in [5.41, 5.74) is 0. The molecule has 0 rings (SSSR count). The summed E-state index contributed by atoms with van der Waals surface area (Å²) < 4.78 is 5.42. The predicted molar refractivity (Wildman–Crippen MR) is 218 cm³/mol. The van der Waals surface area contributed by atoms with Gasteiger partial charge in [0.1, 0.15) is 0 Å². The van der Waals surface area contributed by atoms with Crippen molar-refractivity contribution < 1.29 is 24.5 Å². The van der Waals surface area contributed by atoms with Crippen molar-refractivity contribution in [1.29, 1.82) is 0 Å². The fourth-order valence-corrected chi connectivity index (χ4v) is 7.11. The van der Waals surface area contributed by atoms with Gasteiger partial charge in [0.2, 0.25) is 5.91 Å². The second-order valence-electron chi connectivity index (χ2n) is 15.7. The summed E-state index contributed by atoms with van der Waals surface area (Å²) in [7, 11) is 0. The van der Waals surface area contributed by atoms with E-state index in [1.54, 1.807) is 0 Å². The van der Waals surface area contributed by atoms with E-state index in [-0.39, 0.29) is 18.5 Å². The van der Waals surface area contributed by atoms with E-state index in [0.717, 1.165) is 57.8 Å². The molecular formula is C45H89NO5. The van der Waals surface area contributed by atoms with Crippen molar-refractivity contribution in [2.45, 2.75) is 264 Å². The number of unbranched alkanes of at least 4 members (excludes halogenated alkanes) is 31. The Hall–Kier alpha value is -1.14. The van der Waals surface area contributed by atoms with Gasteiger partial charge in [0.15, 0.2) is 0 Å². The highest BCUT2D eigenvalue weighted by Gasteiger charge is 2.20. The third-order valence-electron chi connectivity index (χ3n) is 10.7. The zero-order valence-corrected chi connectivity index (χ0v) is 34.4. The first-order valence-electron chi connectivity index (χ1n) is 22.8. The zero-order valence-electron chi connectivity index (χ0n) is 34.4. The number of ether oxygens (including phenoxy) is 1. The summed E-state index contributed by atoms with van der Waals surface area (Å²) in [5.74, 6) is -0.0866. The van der Waals surface area contributed by atoms with Crippen molar-refractivity contribution in [3.05, 3.63) is 0 Å². The molecule has 0 fully saturated rings. The topological polar surface area (TPSA) is 95.9 Å². The lowest BCUT2D eigenvalue weighted by Crippen LogP contribution is -2.45. The lowest BCUT2D eigenvalue weighted by molar-refractivity contribution is -0.143. The van der Waals surface area contributed by atoms with Gasteiger partial charge in [0, 0.05) is 12.8 Å². The van der Waals surface area contributed by atoms with E-state index in [1.165, 1.54) is 161 Å². The molecule has 3 N–H and O–H groups in total. The smallest absolute Gasteiger partial charge is 0.305 e. The molecule has 0 radical (unpaired) electrons. The number of nitrogens with one attached hydrogen (secondary N) is 1. The molecule has 51 heavy (non-hydrogen) atoms. The van der Waals surface area contributed by atoms with E-state index < -0.39 is 12.1 Å². The Kier molecular flexibility index (Phi) is 40.7. The minimum absolute atomic E-state index is 0.0251. The monoisotopic (exact) mass is 724 g/mol. The number of carbonyl (C=O) groups excluding carboxylic acids is 2. The summed E-state index contributed by atoms with van der Waals surface area (Å²) in [6.45, 7) is 4.88. The molecule has 1 amide bonds. The second-order valence-corrected chi connectivity index (χ2v) is 15.7. The number of amides is 1. The quantitative estimate of drug-likeness (QED) is 0.0430. The largest absolute Gasteiger partial charge is 0.466 e. The molecule has 0 aromatic carbocycles. The zero-order chi connectivity index (χ0) is 37.3. The molecule has 0 saturated carbocycles. The van der Waals surface area contributed by atoms with E-state index in [4.69, 9.17) is 4.74 Å². The van der Waals surface area contributed by atoms with Crippen molar-refractivity contribution in [2.24, 2.45) is 0 Å². The van der Waals surface area contributed by atoms with Gasteiger partial charge in [-0.1, -0.05) is 213 Å². The first-order valence-corrected chi connectivity index (χ1v) is 22.8. The Morgan fingerprint density at radius 3 is 1.20 bits per heavy atom. The fraction of sp³-hybridized carbons (Fsp3) is 0.956. The maximum atomic E-state index is 12.4. The van der Waals surface area contributed by atoms with Crippen molar-refractivity contribution in [3.63, 3.8) is 0 Å². The standard InChI is InChI=1S/C45H89NO5/c1-3-5-7-9-11-13-15-16-17-19-21-25-29-33-37-43(48)42(41-47)46-44(49)38-34-30-26-22-20-24-28-32-36-40-51-45(50)39-35-31-27-23-18-14-12-10-8-6-4-2/h42-43,47-48H,3-41H2,1-2H3,(H,46,49). The lowest BCUT2D eigenvalue weighted by Gasteiger charge is -2.22. The number of aliphatic hydroxyl groups excluding tert-OH is 2. The summed E-state index contributed by atoms with van der Waals surface area (Å²) >= 11 is 0. The Morgan fingerprint density at radius 2 is 0.804 bits per heavy atom. The number of aliphatic hydroxyl groups is 2. The molecule has 0 bridgehead atoms. The van der Waals surface area contributed by atoms with Crippen LogP contribution in [0.5, 0.6) is 0 Å². The van der Waals surface area contributed by atoms with Gasteiger partial charge >= 0.3 is 5.97 Å². The van der Waals surface area contributed by atoms with Crippen molar-refractivity contribution in [2.75, 3.05) is 13.2 Å². The van der Waals surface area contributed by atoms with E-state index in [0.29, 0.717) is 25.9 Å². The van der Waals surface area contributed by atoms with Gasteiger partial charge in [0.25, 0.3) is 0 Å². The van der Waals surface area contributed by atoms with Crippen LogP contribution in [0.15, 0.2) is 0 Å². The number of carbonyl (C=O) groups is 2. The molecule has 6 nitrogen and oxygen atoms in total. The average molecular weight is 724 g/mol. The Balaban J connectivity index is 3.50. The molecule has 2 unspecified atom stereocenters. The molecule has 0 aliphatic rings. The van der Waals surface area contributed by atoms with Gasteiger partial charge in [-0.05, 0) is 25.7 Å². The highest BCUT2D eigenvalue weighted by molar-refractivity contribution is 5.76. The third kappa shape index (κ3) is 38.4. The van der Waals surface area contributed by atoms with Crippen LogP contribution in [0.25, 0.3) is 0 Å². The van der Waals surface area contributed by atoms with Crippen LogP contribution in [0.1, 0.15) is 251 Å². The molecule has 2 atom stereocenters. The van der Waals surface area contributed by atoms with Gasteiger partial charge in [-0.2, -0.15) is 0 Å². The van der Waals surface area contributed by atoms with Crippen LogP contribution in [-0.2, 0) is 14.3 Å². The third-order valence-corrected chi connectivity index (χ3v) is 10.7. The van der Waals surface area contributed by atoms with Crippen LogP contribution >= 0.6 is 0 Å². The summed E-state index contributed by atoms with van der Waals surface area (Å²) in [4.78, 5) is 24.4. The number of esters is 1. The van der Waals surface area contributed by atoms with E-state index in [9.17, 15) is 19.8 Å². The maximum absolute atomic E-state index is 12.4. The van der Waals surface area contributed by atoms with E-state index in [1.807, 2.05) is 0 Å². The molecule has 0 aromatic rings. The lowest BCUT2D eigenvalue weighted by atomic mass is 10.0. The molecule has 6 heteroatoms. The van der Waals surface area contributed by atoms with Crippen molar-refractivity contribution in [3.8, 4) is 0 Å². The van der Waals surface area contributed by atoms with Crippen LogP contribution < -0.4 is 5.32 Å². The normalized spacial score (nSPS) is 12.6. The minimum Gasteiger partial charge on any atom is -0.466 e. The fourth-order valence-electron chi connectivity index (χ4n) is 7.11. The maximum Gasteiger partial charge on any atom is 0.305 e.